The quantitative estimate of drug-likeness (QED) is 0.364. The zero-order valence-corrected chi connectivity index (χ0v) is 14.6. The van der Waals surface area contributed by atoms with Gasteiger partial charge in [-0.25, -0.2) is 9.18 Å². The Bertz CT molecular complexity index is 1070. The predicted octanol–water partition coefficient (Wildman–Crippen LogP) is -0.723. The van der Waals surface area contributed by atoms with Crippen molar-refractivity contribution < 1.29 is 51.0 Å². The van der Waals surface area contributed by atoms with Gasteiger partial charge in [0.1, 0.15) is 24.1 Å². The number of benzene rings is 1. The molecule has 0 aliphatic carbocycles. The first-order valence-electron chi connectivity index (χ1n) is 7.70. The van der Waals surface area contributed by atoms with Crippen LogP contribution in [0.5, 0.6) is 5.75 Å². The van der Waals surface area contributed by atoms with Crippen LogP contribution in [-0.2, 0) is 20.6 Å². The van der Waals surface area contributed by atoms with E-state index in [2.05, 4.69) is 4.42 Å². The van der Waals surface area contributed by atoms with Crippen LogP contribution in [0.15, 0.2) is 21.3 Å². The van der Waals surface area contributed by atoms with Crippen LogP contribution in [0.4, 0.5) is 8.78 Å². The van der Waals surface area contributed by atoms with E-state index in [0.29, 0.717) is 12.1 Å². The van der Waals surface area contributed by atoms with Crippen molar-refractivity contribution in [3.8, 4) is 5.75 Å². The molecule has 0 saturated carbocycles. The summed E-state index contributed by atoms with van der Waals surface area (Å²) in [6.07, 6.45) is -6.75. The molecule has 13 heteroatoms. The Morgan fingerprint density at radius 2 is 1.86 bits per heavy atom. The van der Waals surface area contributed by atoms with Crippen LogP contribution < -0.4 is 10.4 Å². The lowest BCUT2D eigenvalue weighted by Crippen LogP contribution is -2.54. The molecule has 28 heavy (non-hydrogen) atoms. The third-order valence-electron chi connectivity index (χ3n) is 4.00. The number of fused-ring (bicyclic) bond motifs is 1. The molecular formula is C15H14F2O10S. The third kappa shape index (κ3) is 3.99. The Balaban J connectivity index is 2.07. The maximum absolute atomic E-state index is 14.7. The highest BCUT2D eigenvalue weighted by Crippen LogP contribution is 2.33. The lowest BCUT2D eigenvalue weighted by Gasteiger charge is -2.34. The Labute approximate surface area is 155 Å². The highest BCUT2D eigenvalue weighted by Gasteiger charge is 2.40. The van der Waals surface area contributed by atoms with Crippen molar-refractivity contribution in [1.29, 1.82) is 0 Å². The van der Waals surface area contributed by atoms with Gasteiger partial charge in [0.25, 0.3) is 10.1 Å². The summed E-state index contributed by atoms with van der Waals surface area (Å²) in [7, 11) is -4.62. The van der Waals surface area contributed by atoms with E-state index in [1.807, 2.05) is 0 Å². The van der Waals surface area contributed by atoms with E-state index in [-0.39, 0.29) is 0 Å². The fourth-order valence-corrected chi connectivity index (χ4v) is 3.33. The number of rotatable bonds is 4. The minimum Gasteiger partial charge on any atom is -0.456 e. The topological polar surface area (TPSA) is 164 Å². The molecule has 1 fully saturated rings. The van der Waals surface area contributed by atoms with Crippen molar-refractivity contribution >= 4 is 21.1 Å². The number of aliphatic hydroxyl groups excluding tert-OH is 3. The molecule has 2 heterocycles. The van der Waals surface area contributed by atoms with Gasteiger partial charge in [0.15, 0.2) is 17.1 Å². The van der Waals surface area contributed by atoms with Gasteiger partial charge in [0.05, 0.1) is 6.61 Å². The minimum atomic E-state index is -4.62. The minimum absolute atomic E-state index is 0.411. The highest BCUT2D eigenvalue weighted by atomic mass is 32.2. The molecule has 4 atom stereocenters. The first kappa shape index (κ1) is 20.6. The number of hydrogen-bond acceptors (Lipinski definition) is 9. The average molecular weight is 424 g/mol. The van der Waals surface area contributed by atoms with Gasteiger partial charge in [-0.05, 0) is 11.6 Å². The van der Waals surface area contributed by atoms with Gasteiger partial charge >= 0.3 is 5.63 Å². The van der Waals surface area contributed by atoms with Crippen molar-refractivity contribution in [2.24, 2.45) is 0 Å². The van der Waals surface area contributed by atoms with Crippen LogP contribution in [0.3, 0.4) is 0 Å². The van der Waals surface area contributed by atoms with Gasteiger partial charge in [-0.3, -0.25) is 4.55 Å². The molecule has 1 aromatic carbocycles. The van der Waals surface area contributed by atoms with Crippen LogP contribution in [0.1, 0.15) is 5.56 Å². The first-order chi connectivity index (χ1) is 13.0. The maximum atomic E-state index is 14.7. The smallest absolute Gasteiger partial charge is 0.336 e. The molecule has 1 aliphatic rings. The number of hydrogen-bond donors (Lipinski definition) is 4. The van der Waals surface area contributed by atoms with Crippen LogP contribution in [0.2, 0.25) is 0 Å². The molecule has 0 spiro atoms. The van der Waals surface area contributed by atoms with Crippen molar-refractivity contribution in [1.82, 2.24) is 0 Å². The molecule has 0 bridgehead atoms. The molecule has 154 valence electrons. The molecule has 0 radical (unpaired) electrons. The van der Waals surface area contributed by atoms with Crippen LogP contribution in [0, 0.1) is 11.6 Å². The van der Waals surface area contributed by atoms with Crippen LogP contribution >= 0.6 is 0 Å². The van der Waals surface area contributed by atoms with Gasteiger partial charge in [-0.15, -0.1) is 0 Å². The summed E-state index contributed by atoms with van der Waals surface area (Å²) in [5, 5.41) is 28.3. The van der Waals surface area contributed by atoms with Crippen molar-refractivity contribution in [3.63, 3.8) is 0 Å². The Kier molecular flexibility index (Phi) is 5.40. The van der Waals surface area contributed by atoms with Crippen LogP contribution in [0.25, 0.3) is 11.0 Å². The van der Waals surface area contributed by atoms with Gasteiger partial charge < -0.3 is 29.2 Å². The molecule has 2 aromatic rings. The largest absolute Gasteiger partial charge is 0.456 e. The zero-order valence-electron chi connectivity index (χ0n) is 13.8. The van der Waals surface area contributed by atoms with Gasteiger partial charge in [-0.2, -0.15) is 12.8 Å². The maximum Gasteiger partial charge on any atom is 0.336 e. The van der Waals surface area contributed by atoms with Crippen molar-refractivity contribution in [3.05, 3.63) is 39.8 Å². The normalized spacial score (nSPS) is 25.8. The summed E-state index contributed by atoms with van der Waals surface area (Å²) in [4.78, 5) is 11.6. The lowest BCUT2D eigenvalue weighted by molar-refractivity contribution is -0.243. The summed E-state index contributed by atoms with van der Waals surface area (Å²) in [5.74, 6) is -5.14. The molecule has 1 aromatic heterocycles. The number of halogens is 2. The van der Waals surface area contributed by atoms with E-state index in [9.17, 15) is 37.3 Å². The molecule has 1 saturated heterocycles. The predicted molar refractivity (Wildman–Crippen MR) is 86.0 cm³/mol. The highest BCUT2D eigenvalue weighted by molar-refractivity contribution is 7.85. The molecule has 1 unspecified atom stereocenters. The van der Waals surface area contributed by atoms with Gasteiger partial charge in [0, 0.05) is 11.5 Å². The van der Waals surface area contributed by atoms with E-state index >= 15 is 0 Å². The second kappa shape index (κ2) is 7.35. The summed E-state index contributed by atoms with van der Waals surface area (Å²) in [6, 6.07) is 1.26. The van der Waals surface area contributed by atoms with Gasteiger partial charge in [-0.1, -0.05) is 0 Å². The van der Waals surface area contributed by atoms with Crippen LogP contribution in [-0.4, -0.2) is 59.5 Å². The van der Waals surface area contributed by atoms with Crippen molar-refractivity contribution in [2.45, 2.75) is 30.4 Å². The average Bonchev–Trinajstić information content (AvgIpc) is 2.58. The van der Waals surface area contributed by atoms with E-state index in [4.69, 9.17) is 14.0 Å². The number of ether oxygens (including phenoxy) is 2. The Morgan fingerprint density at radius 1 is 1.18 bits per heavy atom. The van der Waals surface area contributed by atoms with E-state index in [0.717, 1.165) is 0 Å². The second-order valence-electron chi connectivity index (χ2n) is 6.06. The fourth-order valence-electron chi connectivity index (χ4n) is 2.70. The third-order valence-corrected chi connectivity index (χ3v) is 4.67. The molecule has 4 N–H and O–H groups in total. The summed E-state index contributed by atoms with van der Waals surface area (Å²) < 4.78 is 74.7. The van der Waals surface area contributed by atoms with Crippen molar-refractivity contribution in [2.75, 3.05) is 6.61 Å². The summed E-state index contributed by atoms with van der Waals surface area (Å²) >= 11 is 0. The lowest BCUT2D eigenvalue weighted by atomic mass is 10.1. The Morgan fingerprint density at radius 3 is 2.50 bits per heavy atom. The summed E-state index contributed by atoms with van der Waals surface area (Å²) in [6.45, 7) is -0.493. The SMILES string of the molecule is O=c1cc(CS(=O)(=O)O)c2cc(F)c(O[C@@H]3OC[C@@H](O)C(O)[C@@H]3O)c(F)c2o1. The van der Waals surface area contributed by atoms with E-state index in [1.54, 1.807) is 0 Å². The van der Waals surface area contributed by atoms with E-state index in [1.165, 1.54) is 0 Å². The molecule has 10 nitrogen and oxygen atoms in total. The standard InChI is InChI=1S/C15H14F2O10S/c16-7-2-6-5(4-28(22,23)24)1-9(19)26-13(6)10(17)14(7)27-15-12(21)11(20)8(18)3-25-15/h1-2,8,11-12,15,18,20-21H,3-4H2,(H,22,23,24)/t8-,11?,12+,15+/m1/s1. The van der Waals surface area contributed by atoms with Gasteiger partial charge in [0.2, 0.25) is 12.1 Å². The molecule has 1 aliphatic heterocycles. The molecule has 3 rings (SSSR count). The second-order valence-corrected chi connectivity index (χ2v) is 7.52. The molecule has 0 amide bonds. The zero-order chi connectivity index (χ0) is 20.8. The fraction of sp³-hybridized carbons (Fsp3) is 0.400. The summed E-state index contributed by atoms with van der Waals surface area (Å²) in [5.41, 5.74) is -2.44. The molecular weight excluding hydrogens is 410 g/mol. The number of aliphatic hydroxyl groups is 3. The first-order valence-corrected chi connectivity index (χ1v) is 9.31. The van der Waals surface area contributed by atoms with E-state index < -0.39 is 86.6 Å². The Hall–Kier alpha value is -2.16. The monoisotopic (exact) mass is 424 g/mol.